The maximum atomic E-state index is 12.2. The number of hydrogen-bond acceptors (Lipinski definition) is 9. The van der Waals surface area contributed by atoms with Crippen molar-refractivity contribution in [3.05, 3.63) is 58.1 Å². The number of rotatable bonds is 10. The molecule has 0 saturated carbocycles. The predicted molar refractivity (Wildman–Crippen MR) is 123 cm³/mol. The van der Waals surface area contributed by atoms with Crippen LogP contribution in [0.25, 0.3) is 6.08 Å². The van der Waals surface area contributed by atoms with Gasteiger partial charge >= 0.3 is 18.0 Å². The summed E-state index contributed by atoms with van der Waals surface area (Å²) in [5, 5.41) is 8.86. The van der Waals surface area contributed by atoms with E-state index in [1.54, 1.807) is 31.2 Å². The molecule has 2 N–H and O–H groups in total. The second kappa shape index (κ2) is 11.7. The van der Waals surface area contributed by atoms with Crippen molar-refractivity contribution >= 4 is 24.0 Å². The van der Waals surface area contributed by atoms with Gasteiger partial charge in [-0.2, -0.15) is 0 Å². The Labute approximate surface area is 202 Å². The van der Waals surface area contributed by atoms with Crippen molar-refractivity contribution < 1.29 is 37.9 Å². The van der Waals surface area contributed by atoms with E-state index in [0.717, 1.165) is 11.3 Å². The number of urea groups is 1. The second-order valence-electron chi connectivity index (χ2n) is 7.43. The zero-order chi connectivity index (χ0) is 25.4. The maximum Gasteiger partial charge on any atom is 0.337 e. The molecule has 11 nitrogen and oxygen atoms in total. The molecule has 35 heavy (non-hydrogen) atoms. The smallest absolute Gasteiger partial charge is 0.337 e. The van der Waals surface area contributed by atoms with Gasteiger partial charge in [0.15, 0.2) is 11.5 Å². The Bertz CT molecular complexity index is 1150. The number of hydrogen-bond donors (Lipinski definition) is 2. The maximum absolute atomic E-state index is 12.2. The average Bonchev–Trinajstić information content (AvgIpc) is 3.17. The van der Waals surface area contributed by atoms with Gasteiger partial charge in [-0.3, -0.25) is 0 Å². The fraction of sp³-hybridized carbons (Fsp3) is 0.333. The quantitative estimate of drug-likeness (QED) is 0.384. The van der Waals surface area contributed by atoms with Gasteiger partial charge in [-0.15, -0.1) is 0 Å². The lowest BCUT2D eigenvalue weighted by molar-refractivity contribution is -0.140. The number of nitrogens with one attached hydrogen (secondary N) is 2. The first-order valence-electron chi connectivity index (χ1n) is 10.8. The SMILES string of the molecule is CCOC(=O)C1=C(COC(=O)/C=C/c2ccc(OCc3c(C)noc3C)c(OC)c2)NC(=O)NC1. The minimum atomic E-state index is -0.661. The van der Waals surface area contributed by atoms with Crippen LogP contribution in [-0.2, 0) is 25.7 Å². The highest BCUT2D eigenvalue weighted by molar-refractivity contribution is 5.94. The van der Waals surface area contributed by atoms with Crippen molar-refractivity contribution in [2.24, 2.45) is 0 Å². The first-order chi connectivity index (χ1) is 16.8. The van der Waals surface area contributed by atoms with Gasteiger partial charge in [-0.25, -0.2) is 14.4 Å². The van der Waals surface area contributed by atoms with Crippen LogP contribution in [-0.4, -0.2) is 50.0 Å². The van der Waals surface area contributed by atoms with E-state index in [1.165, 1.54) is 13.2 Å². The molecule has 186 valence electrons. The molecule has 11 heteroatoms. The molecule has 1 aliphatic rings. The lowest BCUT2D eigenvalue weighted by atomic mass is 10.1. The molecule has 0 atom stereocenters. The molecule has 0 aliphatic carbocycles. The molecule has 0 saturated heterocycles. The van der Waals surface area contributed by atoms with E-state index < -0.39 is 18.0 Å². The van der Waals surface area contributed by atoms with Crippen LogP contribution in [0.1, 0.15) is 29.5 Å². The Morgan fingerprint density at radius 2 is 1.97 bits per heavy atom. The van der Waals surface area contributed by atoms with Crippen molar-refractivity contribution in [3.8, 4) is 11.5 Å². The number of aryl methyl sites for hydroxylation is 2. The standard InChI is InChI=1S/C24H27N3O8/c1-5-32-23(29)17-11-25-24(30)26-19(17)13-34-22(28)9-7-16-6-8-20(21(10-16)31-4)33-12-18-14(2)27-35-15(18)3/h6-10H,5,11-13H2,1-4H3,(H2,25,26,30)/b9-7+. The summed E-state index contributed by atoms with van der Waals surface area (Å²) in [6, 6.07) is 4.69. The number of methoxy groups -OCH3 is 1. The topological polar surface area (TPSA) is 138 Å². The third-order valence-corrected chi connectivity index (χ3v) is 5.09. The van der Waals surface area contributed by atoms with Gasteiger partial charge in [0.2, 0.25) is 0 Å². The summed E-state index contributed by atoms with van der Waals surface area (Å²) < 4.78 is 26.6. The average molecular weight is 485 g/mol. The van der Waals surface area contributed by atoms with E-state index in [1.807, 2.05) is 13.8 Å². The lowest BCUT2D eigenvalue weighted by Crippen LogP contribution is -2.45. The Morgan fingerprint density at radius 1 is 1.17 bits per heavy atom. The van der Waals surface area contributed by atoms with Crippen molar-refractivity contribution in [3.63, 3.8) is 0 Å². The van der Waals surface area contributed by atoms with E-state index in [9.17, 15) is 14.4 Å². The summed E-state index contributed by atoms with van der Waals surface area (Å²) in [6.07, 6.45) is 2.78. The molecular formula is C24H27N3O8. The fourth-order valence-electron chi connectivity index (χ4n) is 3.19. The van der Waals surface area contributed by atoms with Crippen LogP contribution < -0.4 is 20.1 Å². The largest absolute Gasteiger partial charge is 0.493 e. The van der Waals surface area contributed by atoms with Gasteiger partial charge in [0.1, 0.15) is 19.0 Å². The minimum absolute atomic E-state index is 0.0160. The highest BCUT2D eigenvalue weighted by atomic mass is 16.5. The van der Waals surface area contributed by atoms with Gasteiger partial charge in [0.25, 0.3) is 0 Å². The molecular weight excluding hydrogens is 458 g/mol. The van der Waals surface area contributed by atoms with E-state index >= 15 is 0 Å². The molecule has 2 heterocycles. The fourth-order valence-corrected chi connectivity index (χ4v) is 3.19. The first-order valence-corrected chi connectivity index (χ1v) is 10.8. The third-order valence-electron chi connectivity index (χ3n) is 5.09. The molecule has 1 aliphatic heterocycles. The molecule has 0 bridgehead atoms. The molecule has 2 amide bonds. The van der Waals surface area contributed by atoms with Crippen molar-refractivity contribution in [1.82, 2.24) is 15.8 Å². The zero-order valence-electron chi connectivity index (χ0n) is 19.9. The number of amides is 2. The molecule has 2 aromatic rings. The first kappa shape index (κ1) is 25.3. The summed E-state index contributed by atoms with van der Waals surface area (Å²) in [5.74, 6) is 0.437. The zero-order valence-corrected chi connectivity index (χ0v) is 19.9. The van der Waals surface area contributed by atoms with Crippen LogP contribution in [0.2, 0.25) is 0 Å². The molecule has 0 fully saturated rings. The molecule has 3 rings (SSSR count). The summed E-state index contributed by atoms with van der Waals surface area (Å²) in [5.41, 5.74) is 2.67. The van der Waals surface area contributed by atoms with E-state index in [-0.39, 0.29) is 37.6 Å². The van der Waals surface area contributed by atoms with Crippen LogP contribution in [0.15, 0.2) is 40.1 Å². The van der Waals surface area contributed by atoms with E-state index in [2.05, 4.69) is 15.8 Å². The minimum Gasteiger partial charge on any atom is -0.493 e. The third kappa shape index (κ3) is 6.62. The summed E-state index contributed by atoms with van der Waals surface area (Å²) >= 11 is 0. The summed E-state index contributed by atoms with van der Waals surface area (Å²) in [4.78, 5) is 35.9. The van der Waals surface area contributed by atoms with Gasteiger partial charge in [0.05, 0.1) is 42.8 Å². The van der Waals surface area contributed by atoms with Gasteiger partial charge < -0.3 is 34.1 Å². The van der Waals surface area contributed by atoms with Crippen LogP contribution >= 0.6 is 0 Å². The molecule has 1 aromatic heterocycles. The van der Waals surface area contributed by atoms with Gasteiger partial charge in [0, 0.05) is 6.08 Å². The van der Waals surface area contributed by atoms with Crippen LogP contribution in [0.5, 0.6) is 11.5 Å². The molecule has 0 spiro atoms. The number of nitrogens with zero attached hydrogens (tertiary/aromatic N) is 1. The second-order valence-corrected chi connectivity index (χ2v) is 7.43. The number of ether oxygens (including phenoxy) is 4. The van der Waals surface area contributed by atoms with Crippen LogP contribution in [0, 0.1) is 13.8 Å². The number of carbonyl (C=O) groups excluding carboxylic acids is 3. The predicted octanol–water partition coefficient (Wildman–Crippen LogP) is 2.57. The number of carbonyl (C=O) groups is 3. The number of benzene rings is 1. The molecule has 0 unspecified atom stereocenters. The van der Waals surface area contributed by atoms with Crippen molar-refractivity contribution in [1.29, 1.82) is 0 Å². The highest BCUT2D eigenvalue weighted by Gasteiger charge is 2.24. The molecule has 0 radical (unpaired) electrons. The van der Waals surface area contributed by atoms with Crippen LogP contribution in [0.4, 0.5) is 4.79 Å². The van der Waals surface area contributed by atoms with Crippen LogP contribution in [0.3, 0.4) is 0 Å². The van der Waals surface area contributed by atoms with Gasteiger partial charge in [-0.05, 0) is 44.5 Å². The Hall–Kier alpha value is -4.28. The summed E-state index contributed by atoms with van der Waals surface area (Å²) in [6.45, 7) is 5.47. The van der Waals surface area contributed by atoms with E-state index in [4.69, 9.17) is 23.5 Å². The Morgan fingerprint density at radius 3 is 2.66 bits per heavy atom. The lowest BCUT2D eigenvalue weighted by Gasteiger charge is -2.20. The molecule has 1 aromatic carbocycles. The normalized spacial score (nSPS) is 13.3. The van der Waals surface area contributed by atoms with Crippen molar-refractivity contribution in [2.75, 3.05) is 26.9 Å². The summed E-state index contributed by atoms with van der Waals surface area (Å²) in [7, 11) is 1.52. The van der Waals surface area contributed by atoms with Crippen molar-refractivity contribution in [2.45, 2.75) is 27.4 Å². The Kier molecular flexibility index (Phi) is 8.49. The monoisotopic (exact) mass is 485 g/mol. The highest BCUT2D eigenvalue weighted by Crippen LogP contribution is 2.30. The Balaban J connectivity index is 1.62. The van der Waals surface area contributed by atoms with Gasteiger partial charge in [-0.1, -0.05) is 11.2 Å². The van der Waals surface area contributed by atoms with E-state index in [0.29, 0.717) is 22.8 Å². The number of esters is 2. The number of aromatic nitrogens is 1.